The van der Waals surface area contributed by atoms with Crippen LogP contribution in [0.5, 0.6) is 0 Å². The first kappa shape index (κ1) is 12.5. The average Bonchev–Trinajstić information content (AvgIpc) is 3.18. The Hall–Kier alpha value is -1.20. The highest BCUT2D eigenvalue weighted by molar-refractivity contribution is 7.16. The zero-order chi connectivity index (χ0) is 13.4. The van der Waals surface area contributed by atoms with Gasteiger partial charge in [-0.1, -0.05) is 0 Å². The van der Waals surface area contributed by atoms with Gasteiger partial charge in [0.05, 0.1) is 5.39 Å². The lowest BCUT2D eigenvalue weighted by Gasteiger charge is -2.38. The molecule has 0 N–H and O–H groups in total. The number of thiophene rings is 1. The normalized spacial score (nSPS) is 24.6. The number of fused-ring (bicyclic) bond motifs is 1. The highest BCUT2D eigenvalue weighted by atomic mass is 32.1. The quantitative estimate of drug-likeness (QED) is 0.850. The van der Waals surface area contributed by atoms with E-state index in [9.17, 15) is 0 Å². The Bertz CT molecular complexity index is 590. The Morgan fingerprint density at radius 3 is 2.90 bits per heavy atom. The van der Waals surface area contributed by atoms with Gasteiger partial charge in [0, 0.05) is 19.1 Å². The molecule has 0 spiro atoms. The van der Waals surface area contributed by atoms with E-state index in [4.69, 9.17) is 0 Å². The van der Waals surface area contributed by atoms with Gasteiger partial charge in [-0.25, -0.2) is 9.97 Å². The molecule has 4 nitrogen and oxygen atoms in total. The van der Waals surface area contributed by atoms with Gasteiger partial charge >= 0.3 is 0 Å². The third-order valence-electron chi connectivity index (χ3n) is 4.59. The van der Waals surface area contributed by atoms with Crippen molar-refractivity contribution in [2.75, 3.05) is 31.1 Å². The van der Waals surface area contributed by atoms with Gasteiger partial charge in [0.15, 0.2) is 0 Å². The fourth-order valence-corrected chi connectivity index (χ4v) is 4.31. The monoisotopic (exact) mass is 288 g/mol. The van der Waals surface area contributed by atoms with Crippen molar-refractivity contribution >= 4 is 27.4 Å². The Labute approximate surface area is 123 Å². The minimum absolute atomic E-state index is 0.718. The summed E-state index contributed by atoms with van der Waals surface area (Å²) in [6.07, 6.45) is 7.08. The van der Waals surface area contributed by atoms with Crippen LogP contribution < -0.4 is 4.90 Å². The lowest BCUT2D eigenvalue weighted by molar-refractivity contribution is 0.215. The van der Waals surface area contributed by atoms with E-state index in [1.807, 2.05) is 0 Å². The Morgan fingerprint density at radius 1 is 1.10 bits per heavy atom. The number of rotatable bonds is 2. The topological polar surface area (TPSA) is 32.3 Å². The number of anilines is 1. The molecule has 4 rings (SSSR count). The molecule has 2 fully saturated rings. The van der Waals surface area contributed by atoms with Gasteiger partial charge in [0.25, 0.3) is 0 Å². The van der Waals surface area contributed by atoms with Crippen molar-refractivity contribution in [3.05, 3.63) is 17.8 Å². The summed E-state index contributed by atoms with van der Waals surface area (Å²) in [4.78, 5) is 15.2. The number of aromatic nitrogens is 2. The molecule has 2 aromatic heterocycles. The SMILES string of the molecule is c1nc(N2CCCC(N3CCCC3)C2)c2ccsc2n1. The molecule has 2 saturated heterocycles. The summed E-state index contributed by atoms with van der Waals surface area (Å²) in [5.74, 6) is 1.14. The second-order valence-electron chi connectivity index (χ2n) is 5.82. The first-order valence-corrected chi connectivity index (χ1v) is 8.47. The number of nitrogens with zero attached hydrogens (tertiary/aromatic N) is 4. The molecule has 2 aliphatic heterocycles. The summed E-state index contributed by atoms with van der Waals surface area (Å²) in [7, 11) is 0. The van der Waals surface area contributed by atoms with E-state index in [-0.39, 0.29) is 0 Å². The van der Waals surface area contributed by atoms with Gasteiger partial charge in [-0.05, 0) is 50.2 Å². The number of piperidine rings is 1. The zero-order valence-electron chi connectivity index (χ0n) is 11.7. The van der Waals surface area contributed by atoms with Crippen molar-refractivity contribution in [2.45, 2.75) is 31.7 Å². The predicted molar refractivity (Wildman–Crippen MR) is 83.5 cm³/mol. The zero-order valence-corrected chi connectivity index (χ0v) is 12.5. The van der Waals surface area contributed by atoms with E-state index in [2.05, 4.69) is 31.2 Å². The molecule has 0 bridgehead atoms. The summed E-state index contributed by atoms with van der Waals surface area (Å²) in [5.41, 5.74) is 0. The molecule has 0 aliphatic carbocycles. The highest BCUT2D eigenvalue weighted by Crippen LogP contribution is 2.30. The van der Waals surface area contributed by atoms with Gasteiger partial charge in [0.1, 0.15) is 17.0 Å². The van der Waals surface area contributed by atoms with Gasteiger partial charge in [0.2, 0.25) is 0 Å². The van der Waals surface area contributed by atoms with Crippen LogP contribution in [0.15, 0.2) is 17.8 Å². The summed E-state index contributed by atoms with van der Waals surface area (Å²) in [5, 5.41) is 3.34. The Morgan fingerprint density at radius 2 is 2.00 bits per heavy atom. The fourth-order valence-electron chi connectivity index (χ4n) is 3.58. The highest BCUT2D eigenvalue weighted by Gasteiger charge is 2.28. The van der Waals surface area contributed by atoms with Crippen molar-refractivity contribution in [2.24, 2.45) is 0 Å². The minimum Gasteiger partial charge on any atom is -0.354 e. The van der Waals surface area contributed by atoms with Crippen molar-refractivity contribution in [1.29, 1.82) is 0 Å². The van der Waals surface area contributed by atoms with E-state index < -0.39 is 0 Å². The molecular weight excluding hydrogens is 268 g/mol. The molecule has 0 radical (unpaired) electrons. The molecular formula is C15H20N4S. The second-order valence-corrected chi connectivity index (χ2v) is 6.72. The first-order chi connectivity index (χ1) is 9.92. The number of likely N-dealkylation sites (tertiary alicyclic amines) is 1. The summed E-state index contributed by atoms with van der Waals surface area (Å²) < 4.78 is 0. The molecule has 0 amide bonds. The van der Waals surface area contributed by atoms with Gasteiger partial charge in [-0.3, -0.25) is 4.90 Å². The van der Waals surface area contributed by atoms with Crippen LogP contribution in [0, 0.1) is 0 Å². The van der Waals surface area contributed by atoms with Crippen LogP contribution >= 0.6 is 11.3 Å². The minimum atomic E-state index is 0.718. The van der Waals surface area contributed by atoms with Crippen molar-refractivity contribution in [1.82, 2.24) is 14.9 Å². The summed E-state index contributed by atoms with van der Waals surface area (Å²) >= 11 is 1.70. The Kier molecular flexibility index (Phi) is 3.32. The standard InChI is InChI=1S/C15H20N4S/c1-2-7-18(6-1)12-4-3-8-19(10-12)14-13-5-9-20-15(13)17-11-16-14/h5,9,11-12H,1-4,6-8,10H2. The molecule has 2 aliphatic rings. The van der Waals surface area contributed by atoms with Gasteiger partial charge in [-0.2, -0.15) is 0 Å². The van der Waals surface area contributed by atoms with E-state index in [0.717, 1.165) is 29.8 Å². The molecule has 2 aromatic rings. The summed E-state index contributed by atoms with van der Waals surface area (Å²) in [6, 6.07) is 2.88. The number of hydrogen-bond donors (Lipinski definition) is 0. The molecule has 1 unspecified atom stereocenters. The first-order valence-electron chi connectivity index (χ1n) is 7.59. The van der Waals surface area contributed by atoms with Crippen molar-refractivity contribution < 1.29 is 0 Å². The maximum Gasteiger partial charge on any atom is 0.140 e. The fraction of sp³-hybridized carbons (Fsp3) is 0.600. The van der Waals surface area contributed by atoms with Crippen LogP contribution in [0.25, 0.3) is 10.2 Å². The van der Waals surface area contributed by atoms with E-state index in [0.29, 0.717) is 0 Å². The van der Waals surface area contributed by atoms with E-state index in [1.165, 1.54) is 44.2 Å². The van der Waals surface area contributed by atoms with Gasteiger partial charge in [-0.15, -0.1) is 11.3 Å². The van der Waals surface area contributed by atoms with Crippen LogP contribution in [-0.2, 0) is 0 Å². The molecule has 0 saturated carbocycles. The van der Waals surface area contributed by atoms with E-state index >= 15 is 0 Å². The molecule has 1 atom stereocenters. The molecule has 4 heterocycles. The van der Waals surface area contributed by atoms with Crippen LogP contribution in [0.4, 0.5) is 5.82 Å². The van der Waals surface area contributed by atoms with Crippen molar-refractivity contribution in [3.63, 3.8) is 0 Å². The maximum atomic E-state index is 4.57. The second kappa shape index (κ2) is 5.30. The lowest BCUT2D eigenvalue weighted by Crippen LogP contribution is -2.47. The van der Waals surface area contributed by atoms with Crippen LogP contribution in [-0.4, -0.2) is 47.1 Å². The van der Waals surface area contributed by atoms with Crippen LogP contribution in [0.2, 0.25) is 0 Å². The maximum absolute atomic E-state index is 4.57. The van der Waals surface area contributed by atoms with Gasteiger partial charge < -0.3 is 4.90 Å². The average molecular weight is 288 g/mol. The lowest BCUT2D eigenvalue weighted by atomic mass is 10.0. The van der Waals surface area contributed by atoms with Crippen LogP contribution in [0.3, 0.4) is 0 Å². The third kappa shape index (κ3) is 2.19. The molecule has 106 valence electrons. The smallest absolute Gasteiger partial charge is 0.140 e. The number of hydrogen-bond acceptors (Lipinski definition) is 5. The third-order valence-corrected chi connectivity index (χ3v) is 5.41. The molecule has 0 aromatic carbocycles. The largest absolute Gasteiger partial charge is 0.354 e. The molecule has 20 heavy (non-hydrogen) atoms. The van der Waals surface area contributed by atoms with E-state index in [1.54, 1.807) is 17.7 Å². The Balaban J connectivity index is 1.59. The predicted octanol–water partition coefficient (Wildman–Crippen LogP) is 2.76. The summed E-state index contributed by atoms with van der Waals surface area (Å²) in [6.45, 7) is 4.83. The molecule has 5 heteroatoms. The van der Waals surface area contributed by atoms with Crippen LogP contribution in [0.1, 0.15) is 25.7 Å². The van der Waals surface area contributed by atoms with Crippen molar-refractivity contribution in [3.8, 4) is 0 Å².